The lowest BCUT2D eigenvalue weighted by atomic mass is 10.1. The Bertz CT molecular complexity index is 1130. The first-order chi connectivity index (χ1) is 14.9. The van der Waals surface area contributed by atoms with Gasteiger partial charge in [0.05, 0.1) is 16.6 Å². The fourth-order valence-corrected chi connectivity index (χ4v) is 3.96. The molecular formula is C22H22N4O4S. The number of thioether (sulfide) groups is 1. The predicted molar refractivity (Wildman–Crippen MR) is 117 cm³/mol. The molecule has 2 aromatic carbocycles. The van der Waals surface area contributed by atoms with Crippen molar-refractivity contribution in [3.8, 4) is 5.75 Å². The van der Waals surface area contributed by atoms with E-state index in [0.29, 0.717) is 17.3 Å². The molecule has 8 nitrogen and oxygen atoms in total. The highest BCUT2D eigenvalue weighted by Crippen LogP contribution is 2.32. The molecule has 0 saturated carbocycles. The molecule has 0 bridgehead atoms. The number of hydrogen-bond acceptors (Lipinski definition) is 7. The van der Waals surface area contributed by atoms with Crippen molar-refractivity contribution in [2.45, 2.75) is 37.9 Å². The lowest BCUT2D eigenvalue weighted by molar-refractivity contribution is -0.121. The molecule has 1 N–H and O–H groups in total. The van der Waals surface area contributed by atoms with Gasteiger partial charge in [-0.1, -0.05) is 36.0 Å². The number of aromatic nitrogens is 2. The summed E-state index contributed by atoms with van der Waals surface area (Å²) in [5, 5.41) is 10.5. The third-order valence-electron chi connectivity index (χ3n) is 4.81. The molecule has 1 aliphatic rings. The van der Waals surface area contributed by atoms with Crippen molar-refractivity contribution in [2.24, 2.45) is 0 Å². The van der Waals surface area contributed by atoms with Crippen molar-refractivity contribution >= 4 is 35.0 Å². The molecule has 2 heterocycles. The molecule has 0 fully saturated rings. The number of nitrogens with one attached hydrogen (secondary N) is 1. The molecular weight excluding hydrogens is 416 g/mol. The molecule has 4 rings (SSSR count). The first-order valence-corrected chi connectivity index (χ1v) is 10.7. The molecule has 3 aromatic rings. The van der Waals surface area contributed by atoms with Crippen molar-refractivity contribution in [3.63, 3.8) is 0 Å². The van der Waals surface area contributed by atoms with Gasteiger partial charge < -0.3 is 14.5 Å². The van der Waals surface area contributed by atoms with E-state index in [1.165, 1.54) is 4.90 Å². The Morgan fingerprint density at radius 3 is 2.90 bits per heavy atom. The van der Waals surface area contributed by atoms with Crippen molar-refractivity contribution < 1.29 is 18.7 Å². The summed E-state index contributed by atoms with van der Waals surface area (Å²) in [6.07, 6.45) is 0. The summed E-state index contributed by atoms with van der Waals surface area (Å²) >= 11 is 1.15. The summed E-state index contributed by atoms with van der Waals surface area (Å²) in [7, 11) is 0. The zero-order valence-electron chi connectivity index (χ0n) is 17.4. The second-order valence-corrected chi connectivity index (χ2v) is 8.56. The number of fused-ring (bicyclic) bond motifs is 1. The van der Waals surface area contributed by atoms with E-state index in [0.717, 1.165) is 28.6 Å². The number of amides is 2. The number of anilines is 2. The quantitative estimate of drug-likeness (QED) is 0.586. The van der Waals surface area contributed by atoms with Crippen molar-refractivity contribution in [1.82, 2.24) is 10.2 Å². The van der Waals surface area contributed by atoms with E-state index in [2.05, 4.69) is 15.5 Å². The van der Waals surface area contributed by atoms with Gasteiger partial charge in [0.25, 0.3) is 11.1 Å². The molecule has 31 heavy (non-hydrogen) atoms. The molecule has 2 amide bonds. The Kier molecular flexibility index (Phi) is 5.94. The van der Waals surface area contributed by atoms with E-state index in [1.807, 2.05) is 44.2 Å². The van der Waals surface area contributed by atoms with Crippen molar-refractivity contribution in [1.29, 1.82) is 0 Å². The number of benzene rings is 2. The number of rotatable bonds is 6. The zero-order chi connectivity index (χ0) is 22.0. The molecule has 0 spiro atoms. The number of nitrogens with zero attached hydrogens (tertiary/aromatic N) is 3. The van der Waals surface area contributed by atoms with Crippen LogP contribution >= 0.6 is 11.8 Å². The number of carbonyl (C=O) groups excluding carboxylic acids is 2. The fraction of sp³-hybridized carbons (Fsp3) is 0.273. The smallest absolute Gasteiger partial charge is 0.277 e. The first kappa shape index (κ1) is 20.9. The molecule has 1 aromatic heterocycles. The SMILES string of the molecule is Cc1ccc(C)c(OCc2nnc(S[C@@H](C)C(=O)N3CC(=O)Nc4ccccc43)o2)c1. The standard InChI is InChI=1S/C22H22N4O4S/c1-13-8-9-14(2)18(10-13)29-12-20-24-25-22(30-20)31-15(3)21(28)26-11-19(27)23-16-6-4-5-7-17(16)26/h4-10,15H,11-12H2,1-3H3,(H,23,27)/t15-/m0/s1. The van der Waals surface area contributed by atoms with Crippen LogP contribution in [-0.4, -0.2) is 33.8 Å². The van der Waals surface area contributed by atoms with Crippen LogP contribution in [0.1, 0.15) is 23.9 Å². The Morgan fingerprint density at radius 1 is 1.26 bits per heavy atom. The van der Waals surface area contributed by atoms with Crippen LogP contribution in [0.5, 0.6) is 5.75 Å². The molecule has 0 radical (unpaired) electrons. The molecule has 1 aliphatic heterocycles. The molecule has 160 valence electrons. The monoisotopic (exact) mass is 438 g/mol. The number of aryl methyl sites for hydroxylation is 2. The van der Waals surface area contributed by atoms with Crippen LogP contribution in [0, 0.1) is 13.8 Å². The Morgan fingerprint density at radius 2 is 2.06 bits per heavy atom. The Balaban J connectivity index is 1.40. The number of ether oxygens (including phenoxy) is 1. The lowest BCUT2D eigenvalue weighted by Crippen LogP contribution is -2.45. The maximum absolute atomic E-state index is 13.0. The molecule has 0 aliphatic carbocycles. The summed E-state index contributed by atoms with van der Waals surface area (Å²) in [6, 6.07) is 13.2. The van der Waals surface area contributed by atoms with E-state index < -0.39 is 5.25 Å². The van der Waals surface area contributed by atoms with Crippen LogP contribution < -0.4 is 15.0 Å². The highest BCUT2D eigenvalue weighted by Gasteiger charge is 2.31. The fourth-order valence-electron chi connectivity index (χ4n) is 3.20. The minimum atomic E-state index is -0.521. The lowest BCUT2D eigenvalue weighted by Gasteiger charge is -2.30. The van der Waals surface area contributed by atoms with Gasteiger partial charge in [-0.15, -0.1) is 10.2 Å². The highest BCUT2D eigenvalue weighted by atomic mass is 32.2. The van der Waals surface area contributed by atoms with Gasteiger partial charge >= 0.3 is 0 Å². The third-order valence-corrected chi connectivity index (χ3v) is 5.73. The molecule has 0 saturated heterocycles. The minimum Gasteiger partial charge on any atom is -0.484 e. The highest BCUT2D eigenvalue weighted by molar-refractivity contribution is 8.00. The van der Waals surface area contributed by atoms with Crippen LogP contribution in [0.4, 0.5) is 11.4 Å². The number of carbonyl (C=O) groups is 2. The second kappa shape index (κ2) is 8.81. The van der Waals surface area contributed by atoms with Gasteiger partial charge in [0.1, 0.15) is 12.3 Å². The number of hydrogen-bond donors (Lipinski definition) is 1. The maximum Gasteiger partial charge on any atom is 0.277 e. The van der Waals surface area contributed by atoms with Gasteiger partial charge in [-0.25, -0.2) is 0 Å². The average Bonchev–Trinajstić information content (AvgIpc) is 3.20. The van der Waals surface area contributed by atoms with Crippen LogP contribution in [0.3, 0.4) is 0 Å². The first-order valence-electron chi connectivity index (χ1n) is 9.80. The number of para-hydroxylation sites is 2. The minimum absolute atomic E-state index is 0.0283. The third kappa shape index (κ3) is 4.72. The normalized spacial score (nSPS) is 14.0. The topological polar surface area (TPSA) is 97.6 Å². The van der Waals surface area contributed by atoms with Crippen LogP contribution in [-0.2, 0) is 16.2 Å². The summed E-state index contributed by atoms with van der Waals surface area (Å²) < 4.78 is 11.4. The summed E-state index contributed by atoms with van der Waals surface area (Å²) in [4.78, 5) is 26.5. The predicted octanol–water partition coefficient (Wildman–Crippen LogP) is 3.73. The largest absolute Gasteiger partial charge is 0.484 e. The Hall–Kier alpha value is -3.33. The molecule has 1 atom stereocenters. The zero-order valence-corrected chi connectivity index (χ0v) is 18.2. The van der Waals surface area contributed by atoms with Gasteiger partial charge in [0.2, 0.25) is 11.8 Å². The summed E-state index contributed by atoms with van der Waals surface area (Å²) in [5.41, 5.74) is 3.41. The van der Waals surface area contributed by atoms with Crippen LogP contribution in [0.25, 0.3) is 0 Å². The van der Waals surface area contributed by atoms with Gasteiger partial charge in [0.15, 0.2) is 6.61 Å². The van der Waals surface area contributed by atoms with Gasteiger partial charge in [0, 0.05) is 0 Å². The van der Waals surface area contributed by atoms with Crippen molar-refractivity contribution in [3.05, 3.63) is 59.5 Å². The van der Waals surface area contributed by atoms with Gasteiger partial charge in [-0.2, -0.15) is 0 Å². The van der Waals surface area contributed by atoms with Gasteiger partial charge in [-0.3, -0.25) is 14.5 Å². The van der Waals surface area contributed by atoms with E-state index in [4.69, 9.17) is 9.15 Å². The van der Waals surface area contributed by atoms with E-state index in [1.54, 1.807) is 19.1 Å². The average molecular weight is 439 g/mol. The van der Waals surface area contributed by atoms with E-state index >= 15 is 0 Å². The van der Waals surface area contributed by atoms with E-state index in [-0.39, 0.29) is 30.2 Å². The second-order valence-electron chi connectivity index (χ2n) is 7.27. The van der Waals surface area contributed by atoms with Crippen molar-refractivity contribution in [2.75, 3.05) is 16.8 Å². The van der Waals surface area contributed by atoms with Gasteiger partial charge in [-0.05, 0) is 50.1 Å². The maximum atomic E-state index is 13.0. The molecule has 9 heteroatoms. The van der Waals surface area contributed by atoms with Crippen LogP contribution in [0.2, 0.25) is 0 Å². The Labute approximate surface area is 184 Å². The summed E-state index contributed by atoms with van der Waals surface area (Å²) in [5.74, 6) is 0.648. The van der Waals surface area contributed by atoms with E-state index in [9.17, 15) is 9.59 Å². The molecule has 0 unspecified atom stereocenters. The van der Waals surface area contributed by atoms with Crippen LogP contribution in [0.15, 0.2) is 52.1 Å². The summed E-state index contributed by atoms with van der Waals surface area (Å²) in [6.45, 7) is 5.82.